The van der Waals surface area contributed by atoms with Gasteiger partial charge < -0.3 is 15.7 Å². The van der Waals surface area contributed by atoms with Crippen molar-refractivity contribution in [3.63, 3.8) is 0 Å². The topological polar surface area (TPSA) is 104 Å². The van der Waals surface area contributed by atoms with Crippen LogP contribution in [0, 0.1) is 5.41 Å². The number of benzene rings is 1. The minimum absolute atomic E-state index is 0.202. The molecule has 1 unspecified atom stereocenters. The van der Waals surface area contributed by atoms with E-state index in [1.165, 1.54) is 0 Å². The third kappa shape index (κ3) is 5.26. The molecule has 1 aromatic carbocycles. The van der Waals surface area contributed by atoms with E-state index in [0.717, 1.165) is 70.5 Å². The molecule has 2 heterocycles. The number of pyridine rings is 2. The van der Waals surface area contributed by atoms with Crippen molar-refractivity contribution in [2.24, 2.45) is 5.41 Å². The van der Waals surface area contributed by atoms with Crippen LogP contribution in [-0.4, -0.2) is 38.1 Å². The van der Waals surface area contributed by atoms with Crippen molar-refractivity contribution in [2.75, 3.05) is 5.32 Å². The van der Waals surface area contributed by atoms with Crippen LogP contribution >= 0.6 is 11.8 Å². The van der Waals surface area contributed by atoms with E-state index in [-0.39, 0.29) is 17.0 Å². The molecule has 1 spiro atoms. The van der Waals surface area contributed by atoms with Gasteiger partial charge in [0.2, 0.25) is 0 Å². The van der Waals surface area contributed by atoms with E-state index in [2.05, 4.69) is 34.4 Å². The summed E-state index contributed by atoms with van der Waals surface area (Å²) in [7, 11) is 0. The van der Waals surface area contributed by atoms with Crippen molar-refractivity contribution in [3.05, 3.63) is 71.2 Å². The Kier molecular flexibility index (Phi) is 7.93. The summed E-state index contributed by atoms with van der Waals surface area (Å²) in [5, 5.41) is 19.4. The summed E-state index contributed by atoms with van der Waals surface area (Å²) in [4.78, 5) is 35.4. The van der Waals surface area contributed by atoms with Gasteiger partial charge in [-0.15, -0.1) is 11.8 Å². The molecule has 2 aliphatic rings. The van der Waals surface area contributed by atoms with Crippen LogP contribution in [0.1, 0.15) is 70.8 Å². The number of carboxylic acid groups (broad SMARTS) is 1. The number of fused-ring (bicyclic) bond motifs is 1. The Balaban J connectivity index is 1.40. The molecule has 204 valence electrons. The number of ketones is 1. The van der Waals surface area contributed by atoms with E-state index < -0.39 is 17.4 Å². The van der Waals surface area contributed by atoms with Crippen LogP contribution in [0.25, 0.3) is 10.8 Å². The Labute approximate surface area is 233 Å². The van der Waals surface area contributed by atoms with Gasteiger partial charge >= 0.3 is 5.97 Å². The van der Waals surface area contributed by atoms with Crippen molar-refractivity contribution in [3.8, 4) is 0 Å². The summed E-state index contributed by atoms with van der Waals surface area (Å²) in [6.07, 6.45) is 10.7. The standard InChI is InChI=1S/C31H36N4O3S/c1-4-23(20-8-10-22(11-9-20)34-29-24-18-32-16-12-21(24)13-17-33-29)25(30(37)38)35-27-26(39-19(2)3)28(36)31(27)14-6-5-7-15-31/h8-13,16-19,23,25,35H,4-7,14-15H2,1-3H3,(H,33,34)(H,37,38)/t23?,25-/m0/s1. The monoisotopic (exact) mass is 544 g/mol. The molecule has 1 saturated carbocycles. The maximum absolute atomic E-state index is 13.3. The molecule has 2 aromatic heterocycles. The number of aromatic nitrogens is 2. The fourth-order valence-electron chi connectivity index (χ4n) is 6.00. The number of rotatable bonds is 10. The summed E-state index contributed by atoms with van der Waals surface area (Å²) in [6.45, 7) is 6.15. The number of thioether (sulfide) groups is 1. The van der Waals surface area contributed by atoms with Gasteiger partial charge in [-0.25, -0.2) is 9.78 Å². The highest BCUT2D eigenvalue weighted by molar-refractivity contribution is 8.04. The SMILES string of the molecule is CCC(c1ccc(Nc2nccc3ccncc23)cc1)[C@H](NC1=C(SC(C)C)C(=O)C12CCCCC2)C(=O)O. The maximum atomic E-state index is 13.3. The highest BCUT2D eigenvalue weighted by atomic mass is 32.2. The summed E-state index contributed by atoms with van der Waals surface area (Å²) in [5.41, 5.74) is 2.14. The summed E-state index contributed by atoms with van der Waals surface area (Å²) >= 11 is 1.55. The Morgan fingerprint density at radius 1 is 1.08 bits per heavy atom. The molecule has 1 fully saturated rings. The number of nitrogens with zero attached hydrogens (tertiary/aromatic N) is 2. The lowest BCUT2D eigenvalue weighted by atomic mass is 9.62. The number of nitrogens with one attached hydrogen (secondary N) is 2. The van der Waals surface area contributed by atoms with E-state index in [1.807, 2.05) is 43.3 Å². The lowest BCUT2D eigenvalue weighted by Gasteiger charge is -2.48. The smallest absolute Gasteiger partial charge is 0.326 e. The van der Waals surface area contributed by atoms with E-state index in [9.17, 15) is 14.7 Å². The molecule has 8 heteroatoms. The summed E-state index contributed by atoms with van der Waals surface area (Å²) < 4.78 is 0. The first-order chi connectivity index (χ1) is 18.8. The van der Waals surface area contributed by atoms with Crippen LogP contribution in [0.15, 0.2) is 65.6 Å². The quantitative estimate of drug-likeness (QED) is 0.256. The number of anilines is 2. The van der Waals surface area contributed by atoms with Gasteiger partial charge in [-0.2, -0.15) is 0 Å². The first-order valence-electron chi connectivity index (χ1n) is 13.9. The number of carbonyl (C=O) groups is 2. The predicted molar refractivity (Wildman–Crippen MR) is 157 cm³/mol. The molecule has 0 bridgehead atoms. The van der Waals surface area contributed by atoms with Gasteiger partial charge in [0.05, 0.1) is 10.3 Å². The van der Waals surface area contributed by atoms with Crippen LogP contribution in [0.5, 0.6) is 0 Å². The average Bonchev–Trinajstić information content (AvgIpc) is 2.95. The fourth-order valence-corrected chi connectivity index (χ4v) is 7.14. The molecule has 2 aliphatic carbocycles. The van der Waals surface area contributed by atoms with Crippen LogP contribution < -0.4 is 10.6 Å². The molecule has 5 rings (SSSR count). The van der Waals surface area contributed by atoms with Crippen molar-refractivity contribution in [1.29, 1.82) is 0 Å². The summed E-state index contributed by atoms with van der Waals surface area (Å²) in [6, 6.07) is 11.0. The minimum atomic E-state index is -0.900. The number of Topliss-reactive ketones (excluding diaryl/α,β-unsaturated/α-hetero) is 1. The Hall–Kier alpha value is -3.39. The molecule has 7 nitrogen and oxygen atoms in total. The molecule has 0 amide bonds. The number of allylic oxidation sites excluding steroid dienone is 2. The van der Waals surface area contributed by atoms with Crippen LogP contribution in [0.4, 0.5) is 11.5 Å². The molecule has 3 N–H and O–H groups in total. The third-order valence-electron chi connectivity index (χ3n) is 7.98. The molecule has 0 saturated heterocycles. The normalized spacial score (nSPS) is 18.2. The van der Waals surface area contributed by atoms with Crippen molar-refractivity contribution < 1.29 is 14.7 Å². The minimum Gasteiger partial charge on any atom is -0.480 e. The third-order valence-corrected chi connectivity index (χ3v) is 9.08. The van der Waals surface area contributed by atoms with Crippen molar-refractivity contribution >= 4 is 45.8 Å². The van der Waals surface area contributed by atoms with Gasteiger partial charge in [-0.1, -0.05) is 52.2 Å². The highest BCUT2D eigenvalue weighted by Crippen LogP contribution is 2.55. The Morgan fingerprint density at radius 2 is 1.79 bits per heavy atom. The van der Waals surface area contributed by atoms with Crippen molar-refractivity contribution in [1.82, 2.24) is 15.3 Å². The van der Waals surface area contributed by atoms with Gasteiger partial charge in [0.1, 0.15) is 11.9 Å². The molecule has 2 atom stereocenters. The lowest BCUT2D eigenvalue weighted by molar-refractivity contribution is -0.140. The number of carboxylic acids is 1. The zero-order chi connectivity index (χ0) is 27.6. The van der Waals surface area contributed by atoms with E-state index in [1.54, 1.807) is 30.4 Å². The second kappa shape index (κ2) is 11.4. The zero-order valence-corrected chi connectivity index (χ0v) is 23.6. The highest BCUT2D eigenvalue weighted by Gasteiger charge is 2.55. The second-order valence-electron chi connectivity index (χ2n) is 10.8. The molecular formula is C31H36N4O3S. The van der Waals surface area contributed by atoms with Crippen LogP contribution in [0.2, 0.25) is 0 Å². The van der Waals surface area contributed by atoms with Gasteiger partial charge in [0.25, 0.3) is 0 Å². The molecule has 0 aliphatic heterocycles. The molecular weight excluding hydrogens is 508 g/mol. The Morgan fingerprint density at radius 3 is 2.46 bits per heavy atom. The summed E-state index contributed by atoms with van der Waals surface area (Å²) in [5.74, 6) is -0.234. The first kappa shape index (κ1) is 27.2. The van der Waals surface area contributed by atoms with E-state index in [0.29, 0.717) is 6.42 Å². The predicted octanol–water partition coefficient (Wildman–Crippen LogP) is 6.80. The van der Waals surface area contributed by atoms with E-state index >= 15 is 0 Å². The largest absolute Gasteiger partial charge is 0.480 e. The molecule has 0 radical (unpaired) electrons. The van der Waals surface area contributed by atoms with Crippen LogP contribution in [0.3, 0.4) is 0 Å². The number of carbonyl (C=O) groups excluding carboxylic acids is 1. The van der Waals surface area contributed by atoms with Gasteiger partial charge in [-0.3, -0.25) is 9.78 Å². The zero-order valence-electron chi connectivity index (χ0n) is 22.7. The van der Waals surface area contributed by atoms with Crippen molar-refractivity contribution in [2.45, 2.75) is 76.5 Å². The van der Waals surface area contributed by atoms with Gasteiger partial charge in [-0.05, 0) is 54.5 Å². The second-order valence-corrected chi connectivity index (χ2v) is 12.4. The van der Waals surface area contributed by atoms with Gasteiger partial charge in [0, 0.05) is 46.5 Å². The first-order valence-corrected chi connectivity index (χ1v) is 14.7. The van der Waals surface area contributed by atoms with E-state index in [4.69, 9.17) is 0 Å². The Bertz CT molecular complexity index is 1390. The number of aliphatic carboxylic acids is 1. The molecule has 39 heavy (non-hydrogen) atoms. The molecule has 3 aromatic rings. The number of hydrogen-bond donors (Lipinski definition) is 3. The average molecular weight is 545 g/mol. The lowest BCUT2D eigenvalue weighted by Crippen LogP contribution is -2.54. The van der Waals surface area contributed by atoms with Crippen LogP contribution in [-0.2, 0) is 9.59 Å². The fraction of sp³-hybridized carbons (Fsp3) is 0.419. The maximum Gasteiger partial charge on any atom is 0.326 e. The number of hydrogen-bond acceptors (Lipinski definition) is 7. The van der Waals surface area contributed by atoms with Gasteiger partial charge in [0.15, 0.2) is 5.78 Å².